The van der Waals surface area contributed by atoms with Crippen LogP contribution in [-0.2, 0) is 25.6 Å². The highest BCUT2D eigenvalue weighted by Crippen LogP contribution is 2.07. The molecule has 1 aromatic rings. The Morgan fingerprint density at radius 3 is 2.11 bits per heavy atom. The van der Waals surface area contributed by atoms with Crippen LogP contribution in [0.2, 0.25) is 0 Å². The molecule has 0 aromatic carbocycles. The van der Waals surface area contributed by atoms with E-state index in [2.05, 4.69) is 30.9 Å². The van der Waals surface area contributed by atoms with Crippen molar-refractivity contribution in [1.82, 2.24) is 25.9 Å². The summed E-state index contributed by atoms with van der Waals surface area (Å²) < 4.78 is 0. The molecular weight excluding hydrogens is 470 g/mol. The largest absolute Gasteiger partial charge is 0.480 e. The zero-order valence-corrected chi connectivity index (χ0v) is 21.2. The number of hydrogen-bond donors (Lipinski definition) is 8. The average Bonchev–Trinajstić information content (AvgIpc) is 3.30. The number of carboxylic acids is 1. The molecule has 4 unspecified atom stereocenters. The number of hydrogen-bond acceptors (Lipinski definition) is 7. The van der Waals surface area contributed by atoms with E-state index in [0.29, 0.717) is 12.1 Å². The number of aromatic amines is 1. The Morgan fingerprint density at radius 1 is 1.00 bits per heavy atom. The van der Waals surface area contributed by atoms with Crippen molar-refractivity contribution in [1.29, 1.82) is 0 Å². The molecule has 14 heteroatoms. The number of carboxylic acid groups (broad SMARTS) is 1. The number of aromatic nitrogens is 2. The topological polar surface area (TPSA) is 244 Å². The van der Waals surface area contributed by atoms with Crippen LogP contribution in [0.15, 0.2) is 17.5 Å². The summed E-state index contributed by atoms with van der Waals surface area (Å²) in [4.78, 5) is 61.0. The molecule has 0 aliphatic heterocycles. The van der Waals surface area contributed by atoms with Gasteiger partial charge in [-0.1, -0.05) is 27.7 Å². The number of aliphatic carboxylic acids is 1. The normalized spacial score (nSPS) is 14.4. The Morgan fingerprint density at radius 2 is 1.61 bits per heavy atom. The number of H-pyrrole nitrogens is 1. The molecule has 0 radical (unpaired) electrons. The Hall–Kier alpha value is -3.68. The van der Waals surface area contributed by atoms with Gasteiger partial charge >= 0.3 is 5.97 Å². The second-order valence-corrected chi connectivity index (χ2v) is 9.19. The third-order valence-electron chi connectivity index (χ3n) is 5.44. The van der Waals surface area contributed by atoms with Crippen LogP contribution in [0.4, 0.5) is 0 Å². The summed E-state index contributed by atoms with van der Waals surface area (Å²) >= 11 is 0. The van der Waals surface area contributed by atoms with E-state index in [0.717, 1.165) is 0 Å². The van der Waals surface area contributed by atoms with Crippen molar-refractivity contribution in [3.8, 4) is 0 Å². The number of carbonyl (C=O) groups is 4. The maximum absolute atomic E-state index is 13.2. The number of carbonyl (C=O) groups excluding carboxylic acids is 3. The molecule has 0 aliphatic carbocycles. The van der Waals surface area contributed by atoms with Crippen LogP contribution in [0.5, 0.6) is 0 Å². The molecule has 1 heterocycles. The summed E-state index contributed by atoms with van der Waals surface area (Å²) in [6.45, 7) is 7.08. The highest BCUT2D eigenvalue weighted by Gasteiger charge is 2.31. The zero-order valence-electron chi connectivity index (χ0n) is 21.2. The second-order valence-electron chi connectivity index (χ2n) is 9.19. The number of nitrogens with two attached hydrogens (primary N) is 3. The van der Waals surface area contributed by atoms with E-state index >= 15 is 0 Å². The fraction of sp³-hybridized carbons (Fsp3) is 0.636. The maximum atomic E-state index is 13.2. The third-order valence-corrected chi connectivity index (χ3v) is 5.44. The van der Waals surface area contributed by atoms with Crippen LogP contribution in [0.25, 0.3) is 0 Å². The first-order valence-electron chi connectivity index (χ1n) is 11.8. The first-order valence-corrected chi connectivity index (χ1v) is 11.8. The number of rotatable bonds is 15. The van der Waals surface area contributed by atoms with Crippen LogP contribution in [0.1, 0.15) is 46.2 Å². The molecular formula is C22H39N9O5. The minimum atomic E-state index is -1.20. The molecule has 0 fully saturated rings. The van der Waals surface area contributed by atoms with Gasteiger partial charge in [0.15, 0.2) is 5.96 Å². The van der Waals surface area contributed by atoms with Crippen molar-refractivity contribution in [3.63, 3.8) is 0 Å². The minimum absolute atomic E-state index is 0.0161. The smallest absolute Gasteiger partial charge is 0.326 e. The fourth-order valence-corrected chi connectivity index (χ4v) is 3.21. The van der Waals surface area contributed by atoms with Crippen LogP contribution in [0.3, 0.4) is 0 Å². The van der Waals surface area contributed by atoms with Crippen molar-refractivity contribution in [3.05, 3.63) is 18.2 Å². The lowest BCUT2D eigenvalue weighted by Gasteiger charge is -2.26. The standard InChI is InChI=1S/C22H39N9O5/c1-11(2)16(23)20(34)29-14(6-5-7-27-22(24)25)18(32)30-15(8-13-9-26-10-28-13)19(33)31-17(12(3)4)21(35)36/h9-12,14-17H,5-8,23H2,1-4H3,(H,26,28)(H,29,34)(H,30,32)(H,31,33)(H,35,36)(H4,24,25,27). The molecule has 0 bridgehead atoms. The van der Waals surface area contributed by atoms with Gasteiger partial charge in [-0.05, 0) is 24.7 Å². The van der Waals surface area contributed by atoms with Crippen molar-refractivity contribution in [2.75, 3.05) is 6.54 Å². The first-order chi connectivity index (χ1) is 16.8. The molecule has 0 spiro atoms. The molecule has 36 heavy (non-hydrogen) atoms. The van der Waals surface area contributed by atoms with Crippen molar-refractivity contribution in [2.45, 2.75) is 71.1 Å². The van der Waals surface area contributed by atoms with Gasteiger partial charge in [-0.15, -0.1) is 0 Å². The minimum Gasteiger partial charge on any atom is -0.480 e. The van der Waals surface area contributed by atoms with Crippen molar-refractivity contribution in [2.24, 2.45) is 34.0 Å². The Bertz CT molecular complexity index is 898. The first kappa shape index (κ1) is 30.4. The molecule has 0 saturated carbocycles. The summed E-state index contributed by atoms with van der Waals surface area (Å²) in [7, 11) is 0. The van der Waals surface area contributed by atoms with E-state index < -0.39 is 53.8 Å². The predicted octanol–water partition coefficient (Wildman–Crippen LogP) is -1.82. The van der Waals surface area contributed by atoms with Crippen LogP contribution in [0, 0.1) is 11.8 Å². The van der Waals surface area contributed by atoms with E-state index in [1.54, 1.807) is 27.7 Å². The van der Waals surface area contributed by atoms with E-state index in [9.17, 15) is 24.3 Å². The lowest BCUT2D eigenvalue weighted by Crippen LogP contribution is -2.58. The van der Waals surface area contributed by atoms with Crippen LogP contribution >= 0.6 is 0 Å². The molecule has 11 N–H and O–H groups in total. The van der Waals surface area contributed by atoms with Gasteiger partial charge < -0.3 is 43.2 Å². The van der Waals surface area contributed by atoms with E-state index in [1.165, 1.54) is 12.5 Å². The molecule has 3 amide bonds. The van der Waals surface area contributed by atoms with E-state index in [4.69, 9.17) is 17.2 Å². The summed E-state index contributed by atoms with van der Waals surface area (Å²) in [6, 6.07) is -4.18. The second kappa shape index (κ2) is 14.7. The van der Waals surface area contributed by atoms with Gasteiger partial charge in [-0.25, -0.2) is 9.78 Å². The number of amides is 3. The van der Waals surface area contributed by atoms with Gasteiger partial charge in [-0.3, -0.25) is 19.4 Å². The number of imidazole rings is 1. The van der Waals surface area contributed by atoms with Gasteiger partial charge in [0.25, 0.3) is 0 Å². The number of aliphatic imine (C=N–C) groups is 1. The molecule has 14 nitrogen and oxygen atoms in total. The van der Waals surface area contributed by atoms with Gasteiger partial charge in [0, 0.05) is 24.9 Å². The summed E-state index contributed by atoms with van der Waals surface area (Å²) in [5.41, 5.74) is 17.1. The number of nitrogens with zero attached hydrogens (tertiary/aromatic N) is 2. The van der Waals surface area contributed by atoms with Crippen LogP contribution in [-0.4, -0.2) is 75.4 Å². The molecule has 0 saturated heterocycles. The summed E-state index contributed by atoms with van der Waals surface area (Å²) in [5, 5.41) is 17.2. The number of nitrogens with one attached hydrogen (secondary N) is 4. The molecule has 1 aromatic heterocycles. The zero-order chi connectivity index (χ0) is 27.4. The van der Waals surface area contributed by atoms with Crippen molar-refractivity contribution < 1.29 is 24.3 Å². The van der Waals surface area contributed by atoms with Gasteiger partial charge in [0.05, 0.1) is 12.4 Å². The quantitative estimate of drug-likeness (QED) is 0.0752. The van der Waals surface area contributed by atoms with Crippen LogP contribution < -0.4 is 33.2 Å². The lowest BCUT2D eigenvalue weighted by atomic mass is 10.0. The SMILES string of the molecule is CC(C)C(N)C(=O)NC(CCCN=C(N)N)C(=O)NC(Cc1cnc[nH]1)C(=O)NC(C(=O)O)C(C)C. The summed E-state index contributed by atoms with van der Waals surface area (Å²) in [5.74, 6) is -3.71. The predicted molar refractivity (Wildman–Crippen MR) is 133 cm³/mol. The van der Waals surface area contributed by atoms with E-state index in [-0.39, 0.29) is 31.3 Å². The molecule has 1 rings (SSSR count). The molecule has 4 atom stereocenters. The van der Waals surface area contributed by atoms with E-state index in [1.807, 2.05) is 0 Å². The highest BCUT2D eigenvalue weighted by molar-refractivity contribution is 5.94. The van der Waals surface area contributed by atoms with Gasteiger partial charge in [0.1, 0.15) is 18.1 Å². The van der Waals surface area contributed by atoms with Crippen molar-refractivity contribution >= 4 is 29.7 Å². The lowest BCUT2D eigenvalue weighted by molar-refractivity contribution is -0.143. The van der Waals surface area contributed by atoms with Gasteiger partial charge in [-0.2, -0.15) is 0 Å². The third kappa shape index (κ3) is 10.3. The molecule has 0 aliphatic rings. The Labute approximate surface area is 210 Å². The Balaban J connectivity index is 3.10. The highest BCUT2D eigenvalue weighted by atomic mass is 16.4. The monoisotopic (exact) mass is 509 g/mol. The molecule has 202 valence electrons. The summed E-state index contributed by atoms with van der Waals surface area (Å²) in [6.07, 6.45) is 3.45. The Kier molecular flexibility index (Phi) is 12.4. The fourth-order valence-electron chi connectivity index (χ4n) is 3.21. The average molecular weight is 510 g/mol. The maximum Gasteiger partial charge on any atom is 0.326 e. The number of guanidine groups is 1. The van der Waals surface area contributed by atoms with Gasteiger partial charge in [0.2, 0.25) is 17.7 Å².